The number of nitrogens with two attached hydrogens (primary N) is 1. The smallest absolute Gasteiger partial charge is 0.291 e. The molecule has 1 aliphatic heterocycles. The number of rotatable bonds is 7. The van der Waals surface area contributed by atoms with Gasteiger partial charge < -0.3 is 15.4 Å². The Balaban J connectivity index is 1.58. The first-order valence-electron chi connectivity index (χ1n) is 9.50. The molecule has 0 fully saturated rings. The maximum Gasteiger partial charge on any atom is 0.291 e. The van der Waals surface area contributed by atoms with Crippen molar-refractivity contribution in [3.63, 3.8) is 0 Å². The first kappa shape index (κ1) is 22.9. The van der Waals surface area contributed by atoms with Gasteiger partial charge in [-0.05, 0) is 48.7 Å². The van der Waals surface area contributed by atoms with Gasteiger partial charge in [0.2, 0.25) is 10.0 Å². The Bertz CT molecular complexity index is 1110. The van der Waals surface area contributed by atoms with Crippen molar-refractivity contribution in [2.24, 2.45) is 5.14 Å². The molecule has 1 heterocycles. The molecule has 0 unspecified atom stereocenters. The zero-order chi connectivity index (χ0) is 22.4. The van der Waals surface area contributed by atoms with E-state index < -0.39 is 10.0 Å². The third kappa shape index (κ3) is 6.33. The fraction of sp³-hybridized carbons (Fsp3) is 0.238. The minimum atomic E-state index is -3.73. The lowest BCUT2D eigenvalue weighted by atomic mass is 10.1. The van der Waals surface area contributed by atoms with E-state index in [1.165, 1.54) is 23.9 Å². The molecule has 0 radical (unpaired) electrons. The number of sulfonamides is 1. The summed E-state index contributed by atoms with van der Waals surface area (Å²) < 4.78 is 28.0. The maximum atomic E-state index is 12.5. The molecule has 0 bridgehead atoms. The summed E-state index contributed by atoms with van der Waals surface area (Å²) in [6.07, 6.45) is 0.523. The average molecular weight is 462 g/mol. The monoisotopic (exact) mass is 461 g/mol. The molecule has 31 heavy (non-hydrogen) atoms. The Morgan fingerprint density at radius 3 is 2.52 bits per heavy atom. The molecule has 10 heteroatoms. The highest BCUT2D eigenvalue weighted by atomic mass is 32.2. The Morgan fingerprint density at radius 1 is 1.13 bits per heavy atom. The molecule has 2 aromatic carbocycles. The number of carbonyl (C=O) groups excluding carboxylic acids is 2. The highest BCUT2D eigenvalue weighted by molar-refractivity contribution is 8.02. The van der Waals surface area contributed by atoms with Crippen LogP contribution in [0.3, 0.4) is 0 Å². The Kier molecular flexibility index (Phi) is 7.37. The van der Waals surface area contributed by atoms with E-state index in [0.717, 1.165) is 16.9 Å². The second kappa shape index (κ2) is 9.99. The van der Waals surface area contributed by atoms with Crippen molar-refractivity contribution in [2.75, 3.05) is 24.2 Å². The van der Waals surface area contributed by atoms with Crippen molar-refractivity contribution in [1.29, 1.82) is 0 Å². The van der Waals surface area contributed by atoms with Crippen molar-refractivity contribution in [3.8, 4) is 0 Å². The second-order valence-electron chi connectivity index (χ2n) is 6.88. The van der Waals surface area contributed by atoms with Crippen LogP contribution in [0.25, 0.3) is 0 Å². The zero-order valence-corrected chi connectivity index (χ0v) is 18.5. The number of amides is 2. The summed E-state index contributed by atoms with van der Waals surface area (Å²) in [6.45, 7) is 2.69. The van der Waals surface area contributed by atoms with Gasteiger partial charge in [0.15, 0.2) is 5.76 Å². The molecule has 0 atom stereocenters. The van der Waals surface area contributed by atoms with E-state index in [4.69, 9.17) is 9.88 Å². The third-order valence-corrected chi connectivity index (χ3v) is 6.28. The average Bonchev–Trinajstić information content (AvgIpc) is 2.75. The van der Waals surface area contributed by atoms with Gasteiger partial charge in [0.25, 0.3) is 11.8 Å². The van der Waals surface area contributed by atoms with Crippen LogP contribution in [0.5, 0.6) is 0 Å². The van der Waals surface area contributed by atoms with E-state index >= 15 is 0 Å². The van der Waals surface area contributed by atoms with Crippen molar-refractivity contribution >= 4 is 39.3 Å². The molecule has 3 rings (SSSR count). The van der Waals surface area contributed by atoms with Gasteiger partial charge in [0.1, 0.15) is 0 Å². The molecular weight excluding hydrogens is 438 g/mol. The van der Waals surface area contributed by atoms with E-state index in [1.807, 2.05) is 6.92 Å². The summed E-state index contributed by atoms with van der Waals surface area (Å²) in [5.41, 5.74) is 2.64. The van der Waals surface area contributed by atoms with Crippen LogP contribution in [-0.2, 0) is 26.0 Å². The van der Waals surface area contributed by atoms with Crippen molar-refractivity contribution in [3.05, 3.63) is 70.3 Å². The molecule has 0 saturated carbocycles. The van der Waals surface area contributed by atoms with E-state index in [-0.39, 0.29) is 22.5 Å². The molecule has 0 spiro atoms. The number of thioether (sulfide) groups is 1. The predicted molar refractivity (Wildman–Crippen MR) is 120 cm³/mol. The van der Waals surface area contributed by atoms with Gasteiger partial charge >= 0.3 is 0 Å². The summed E-state index contributed by atoms with van der Waals surface area (Å²) in [7, 11) is -3.73. The molecule has 0 saturated heterocycles. The number of hydrogen-bond donors (Lipinski definition) is 3. The number of benzene rings is 2. The topological polar surface area (TPSA) is 128 Å². The normalized spacial score (nSPS) is 13.7. The molecule has 164 valence electrons. The second-order valence-corrected chi connectivity index (χ2v) is 9.42. The van der Waals surface area contributed by atoms with Crippen LogP contribution < -0.4 is 15.8 Å². The lowest BCUT2D eigenvalue weighted by Crippen LogP contribution is -2.26. The lowest BCUT2D eigenvalue weighted by Gasteiger charge is -2.15. The van der Waals surface area contributed by atoms with Crippen LogP contribution in [0.15, 0.2) is 58.5 Å². The molecule has 4 N–H and O–H groups in total. The summed E-state index contributed by atoms with van der Waals surface area (Å²) in [4.78, 5) is 24.9. The lowest BCUT2D eigenvalue weighted by molar-refractivity contribution is -0.116. The van der Waals surface area contributed by atoms with Crippen LogP contribution in [0.2, 0.25) is 0 Å². The number of anilines is 1. The minimum absolute atomic E-state index is 0.0440. The Labute approximate surface area is 185 Å². The fourth-order valence-corrected chi connectivity index (χ4v) is 3.98. The number of nitrogens with one attached hydrogen (secondary N) is 2. The number of ether oxygens (including phenoxy) is 1. The number of hydrogen-bond acceptors (Lipinski definition) is 6. The SMILES string of the molecule is Cc1ccc(C(=O)NCCc2ccc(S(N)(=O)=O)cc2)cc1NC(=O)C1=CSCCO1. The van der Waals surface area contributed by atoms with E-state index in [1.54, 1.807) is 35.7 Å². The van der Waals surface area contributed by atoms with Crippen molar-refractivity contribution in [2.45, 2.75) is 18.2 Å². The van der Waals surface area contributed by atoms with Crippen LogP contribution in [0, 0.1) is 6.92 Å². The van der Waals surface area contributed by atoms with Gasteiger partial charge in [-0.2, -0.15) is 0 Å². The first-order chi connectivity index (χ1) is 14.7. The molecule has 1 aliphatic rings. The highest BCUT2D eigenvalue weighted by Gasteiger charge is 2.16. The third-order valence-electron chi connectivity index (χ3n) is 4.57. The van der Waals surface area contributed by atoms with Crippen LogP contribution in [-0.4, -0.2) is 39.1 Å². The van der Waals surface area contributed by atoms with Crippen LogP contribution in [0.1, 0.15) is 21.5 Å². The number of carbonyl (C=O) groups is 2. The summed E-state index contributed by atoms with van der Waals surface area (Å²) >= 11 is 1.52. The van der Waals surface area contributed by atoms with E-state index in [2.05, 4.69) is 10.6 Å². The number of primary sulfonamides is 1. The number of aryl methyl sites for hydroxylation is 1. The Morgan fingerprint density at radius 2 is 1.87 bits per heavy atom. The summed E-state index contributed by atoms with van der Waals surface area (Å²) in [6, 6.07) is 11.3. The van der Waals surface area contributed by atoms with Crippen molar-refractivity contribution < 1.29 is 22.7 Å². The van der Waals surface area contributed by atoms with Crippen LogP contribution >= 0.6 is 11.8 Å². The van der Waals surface area contributed by atoms with Gasteiger partial charge in [0.05, 0.1) is 11.5 Å². The first-order valence-corrected chi connectivity index (χ1v) is 12.1. The van der Waals surface area contributed by atoms with Gasteiger partial charge in [0, 0.05) is 29.0 Å². The largest absolute Gasteiger partial charge is 0.487 e. The molecular formula is C21H23N3O5S2. The van der Waals surface area contributed by atoms with E-state index in [0.29, 0.717) is 30.8 Å². The molecule has 2 amide bonds. The van der Waals surface area contributed by atoms with Gasteiger partial charge in [-0.15, -0.1) is 11.8 Å². The van der Waals surface area contributed by atoms with Gasteiger partial charge in [-0.1, -0.05) is 18.2 Å². The summed E-state index contributed by atoms with van der Waals surface area (Å²) in [5, 5.41) is 12.4. The molecule has 2 aromatic rings. The Hall–Kier alpha value is -2.82. The predicted octanol–water partition coefficient (Wildman–Crippen LogP) is 2.16. The zero-order valence-electron chi connectivity index (χ0n) is 16.9. The summed E-state index contributed by atoms with van der Waals surface area (Å²) in [5.74, 6) is 0.442. The molecule has 0 aromatic heterocycles. The molecule has 8 nitrogen and oxygen atoms in total. The quantitative estimate of drug-likeness (QED) is 0.580. The van der Waals surface area contributed by atoms with Crippen LogP contribution in [0.4, 0.5) is 5.69 Å². The highest BCUT2D eigenvalue weighted by Crippen LogP contribution is 2.21. The maximum absolute atomic E-state index is 12.5. The van der Waals surface area contributed by atoms with Crippen molar-refractivity contribution in [1.82, 2.24) is 5.32 Å². The standard InChI is InChI=1S/C21H23N3O5S2/c1-14-2-5-16(12-18(14)24-21(26)19-13-30-11-10-29-19)20(25)23-9-8-15-3-6-17(7-4-15)31(22,27)28/h2-7,12-13H,8-11H2,1H3,(H,23,25)(H,24,26)(H2,22,27,28). The van der Waals surface area contributed by atoms with E-state index in [9.17, 15) is 18.0 Å². The van der Waals surface area contributed by atoms with Gasteiger partial charge in [-0.3, -0.25) is 9.59 Å². The molecule has 0 aliphatic carbocycles. The fourth-order valence-electron chi connectivity index (χ4n) is 2.84. The minimum Gasteiger partial charge on any atom is -0.487 e. The van der Waals surface area contributed by atoms with Gasteiger partial charge in [-0.25, -0.2) is 13.6 Å².